The first-order valence-corrected chi connectivity index (χ1v) is 9.35. The van der Waals surface area contributed by atoms with Gasteiger partial charge in [0.1, 0.15) is 13.2 Å². The fraction of sp³-hybridized carbons (Fsp3) is 0.286. The molecule has 0 fully saturated rings. The molecule has 0 aromatic heterocycles. The van der Waals surface area contributed by atoms with Gasteiger partial charge in [-0.15, -0.1) is 0 Å². The largest absolute Gasteiger partial charge is 0.486 e. The molecule has 0 atom stereocenters. The lowest BCUT2D eigenvalue weighted by Gasteiger charge is -2.26. The second kappa shape index (κ2) is 9.25. The van der Waals surface area contributed by atoms with Gasteiger partial charge in [-0.1, -0.05) is 49.4 Å². The van der Waals surface area contributed by atoms with E-state index in [4.69, 9.17) is 21.7 Å². The second-order valence-electron chi connectivity index (χ2n) is 5.98. The number of nitrogens with zero attached hydrogens (tertiary/aromatic N) is 1. The Labute approximate surface area is 160 Å². The average molecular weight is 369 g/mol. The highest BCUT2D eigenvalue weighted by molar-refractivity contribution is 7.80. The summed E-state index contributed by atoms with van der Waals surface area (Å²) in [5.74, 6) is 1.55. The van der Waals surface area contributed by atoms with E-state index in [2.05, 4.69) is 41.4 Å². The van der Waals surface area contributed by atoms with Gasteiger partial charge in [-0.3, -0.25) is 0 Å². The van der Waals surface area contributed by atoms with Crippen LogP contribution in [0.15, 0.2) is 54.6 Å². The number of hydrogen-bond acceptors (Lipinski definition) is 3. The zero-order valence-electron chi connectivity index (χ0n) is 15.0. The summed E-state index contributed by atoms with van der Waals surface area (Å²) in [7, 11) is 0. The molecule has 4 nitrogen and oxygen atoms in total. The third-order valence-electron chi connectivity index (χ3n) is 4.01. The summed E-state index contributed by atoms with van der Waals surface area (Å²) >= 11 is 5.62. The maximum absolute atomic E-state index is 5.72. The Hall–Kier alpha value is -2.53. The summed E-state index contributed by atoms with van der Waals surface area (Å²) in [5.41, 5.74) is 2.16. The van der Waals surface area contributed by atoms with Crippen molar-refractivity contribution in [3.05, 3.63) is 60.2 Å². The van der Waals surface area contributed by atoms with Crippen LogP contribution in [0.5, 0.6) is 11.5 Å². The van der Waals surface area contributed by atoms with Crippen LogP contribution in [0.1, 0.15) is 18.9 Å². The monoisotopic (exact) mass is 368 g/mol. The molecule has 2 aromatic rings. The van der Waals surface area contributed by atoms with Gasteiger partial charge in [-0.25, -0.2) is 0 Å². The van der Waals surface area contributed by atoms with Crippen LogP contribution < -0.4 is 19.7 Å². The van der Waals surface area contributed by atoms with E-state index in [1.807, 2.05) is 36.4 Å². The van der Waals surface area contributed by atoms with E-state index in [1.165, 1.54) is 5.56 Å². The summed E-state index contributed by atoms with van der Waals surface area (Å²) in [4.78, 5) is 2.07. The van der Waals surface area contributed by atoms with E-state index in [0.717, 1.165) is 30.2 Å². The molecule has 0 saturated heterocycles. The normalized spacial score (nSPS) is 12.8. The summed E-state index contributed by atoms with van der Waals surface area (Å²) in [6.07, 6.45) is 5.24. The van der Waals surface area contributed by atoms with Crippen LogP contribution in [0.25, 0.3) is 6.08 Å². The molecule has 0 amide bonds. The quantitative estimate of drug-likeness (QED) is 0.771. The highest BCUT2D eigenvalue weighted by atomic mass is 32.1. The first-order chi connectivity index (χ1) is 12.8. The third kappa shape index (κ3) is 4.76. The maximum atomic E-state index is 5.72. The molecule has 2 aromatic carbocycles. The van der Waals surface area contributed by atoms with E-state index in [1.54, 1.807) is 0 Å². The minimum Gasteiger partial charge on any atom is -0.486 e. The minimum atomic E-state index is 0.572. The molecule has 0 aliphatic carbocycles. The fourth-order valence-electron chi connectivity index (χ4n) is 2.69. The molecule has 1 N–H and O–H groups in total. The van der Waals surface area contributed by atoms with Crippen LogP contribution in [0.2, 0.25) is 0 Å². The number of benzene rings is 2. The van der Waals surface area contributed by atoms with Gasteiger partial charge in [0.15, 0.2) is 16.6 Å². The van der Waals surface area contributed by atoms with Crippen molar-refractivity contribution in [2.24, 2.45) is 0 Å². The molecule has 136 valence electrons. The van der Waals surface area contributed by atoms with Crippen molar-refractivity contribution >= 4 is 29.1 Å². The number of hydrogen-bond donors (Lipinski definition) is 1. The van der Waals surface area contributed by atoms with E-state index in [0.29, 0.717) is 24.9 Å². The number of thiocarbonyl (C=S) groups is 1. The summed E-state index contributed by atoms with van der Waals surface area (Å²) < 4.78 is 11.3. The van der Waals surface area contributed by atoms with Crippen LogP contribution in [0.3, 0.4) is 0 Å². The van der Waals surface area contributed by atoms with Crippen LogP contribution in [-0.4, -0.2) is 31.4 Å². The summed E-state index contributed by atoms with van der Waals surface area (Å²) in [6, 6.07) is 16.2. The smallest absolute Gasteiger partial charge is 0.173 e. The fourth-order valence-corrected chi connectivity index (χ4v) is 2.97. The minimum absolute atomic E-state index is 0.572. The van der Waals surface area contributed by atoms with Gasteiger partial charge in [-0.05, 0) is 36.3 Å². The SMILES string of the molecule is CCCNC(=S)N(C/C=C/c1ccccc1)c1ccc2c(c1)OCCO2. The highest BCUT2D eigenvalue weighted by Gasteiger charge is 2.16. The van der Waals surface area contributed by atoms with Crippen LogP contribution in [0, 0.1) is 0 Å². The van der Waals surface area contributed by atoms with Crippen molar-refractivity contribution in [3.8, 4) is 11.5 Å². The van der Waals surface area contributed by atoms with Gasteiger partial charge < -0.3 is 19.7 Å². The molecule has 0 bridgehead atoms. The summed E-state index contributed by atoms with van der Waals surface area (Å²) in [5, 5.41) is 4.02. The molecule has 0 radical (unpaired) electrons. The van der Waals surface area contributed by atoms with Crippen molar-refractivity contribution < 1.29 is 9.47 Å². The maximum Gasteiger partial charge on any atom is 0.173 e. The number of fused-ring (bicyclic) bond motifs is 1. The Morgan fingerprint density at radius 3 is 2.65 bits per heavy atom. The highest BCUT2D eigenvalue weighted by Crippen LogP contribution is 2.34. The first-order valence-electron chi connectivity index (χ1n) is 8.94. The van der Waals surface area contributed by atoms with Gasteiger partial charge in [0.2, 0.25) is 0 Å². The molecule has 0 unspecified atom stereocenters. The molecule has 0 saturated carbocycles. The number of rotatable bonds is 6. The zero-order valence-corrected chi connectivity index (χ0v) is 15.8. The van der Waals surface area contributed by atoms with E-state index in [-0.39, 0.29) is 0 Å². The molecule has 0 spiro atoms. The Balaban J connectivity index is 1.78. The summed E-state index contributed by atoms with van der Waals surface area (Å²) in [6.45, 7) is 4.81. The van der Waals surface area contributed by atoms with Gasteiger partial charge in [-0.2, -0.15) is 0 Å². The van der Waals surface area contributed by atoms with Crippen LogP contribution in [-0.2, 0) is 0 Å². The van der Waals surface area contributed by atoms with Gasteiger partial charge in [0, 0.05) is 24.8 Å². The predicted octanol–water partition coefficient (Wildman–Crippen LogP) is 4.26. The standard InChI is InChI=1S/C21H24N2O2S/c1-2-12-22-21(26)23(13-6-9-17-7-4-3-5-8-17)18-10-11-19-20(16-18)25-15-14-24-19/h3-11,16H,2,12-15H2,1H3,(H,22,26)/b9-6+. The Morgan fingerprint density at radius 2 is 1.88 bits per heavy atom. The molecular weight excluding hydrogens is 344 g/mol. The van der Waals surface area contributed by atoms with E-state index in [9.17, 15) is 0 Å². The lowest BCUT2D eigenvalue weighted by molar-refractivity contribution is 0.171. The molecule has 1 heterocycles. The Morgan fingerprint density at radius 1 is 1.12 bits per heavy atom. The first kappa shape index (κ1) is 18.3. The van der Waals surface area contributed by atoms with Crippen LogP contribution >= 0.6 is 12.2 Å². The Kier molecular flexibility index (Phi) is 6.50. The molecule has 5 heteroatoms. The topological polar surface area (TPSA) is 33.7 Å². The van der Waals surface area contributed by atoms with E-state index < -0.39 is 0 Å². The number of anilines is 1. The van der Waals surface area contributed by atoms with E-state index >= 15 is 0 Å². The molecule has 26 heavy (non-hydrogen) atoms. The van der Waals surface area contributed by atoms with Gasteiger partial charge in [0.25, 0.3) is 0 Å². The van der Waals surface area contributed by atoms with Gasteiger partial charge in [0.05, 0.1) is 0 Å². The van der Waals surface area contributed by atoms with Crippen molar-refractivity contribution in [3.63, 3.8) is 0 Å². The predicted molar refractivity (Wildman–Crippen MR) is 111 cm³/mol. The Bertz CT molecular complexity index is 762. The molecule has 1 aliphatic heterocycles. The second-order valence-corrected chi connectivity index (χ2v) is 6.37. The number of ether oxygens (including phenoxy) is 2. The lowest BCUT2D eigenvalue weighted by atomic mass is 10.2. The van der Waals surface area contributed by atoms with Crippen molar-refractivity contribution in [1.29, 1.82) is 0 Å². The lowest BCUT2D eigenvalue weighted by Crippen LogP contribution is -2.40. The molecule has 3 rings (SSSR count). The molecular formula is C21H24N2O2S. The van der Waals surface area contributed by atoms with Crippen molar-refractivity contribution in [1.82, 2.24) is 5.32 Å². The van der Waals surface area contributed by atoms with Crippen LogP contribution in [0.4, 0.5) is 5.69 Å². The average Bonchev–Trinajstić information content (AvgIpc) is 2.70. The zero-order chi connectivity index (χ0) is 18.2. The molecule has 1 aliphatic rings. The third-order valence-corrected chi connectivity index (χ3v) is 4.37. The van der Waals surface area contributed by atoms with Crippen molar-refractivity contribution in [2.45, 2.75) is 13.3 Å². The number of nitrogens with one attached hydrogen (secondary N) is 1. The van der Waals surface area contributed by atoms with Gasteiger partial charge >= 0.3 is 0 Å². The van der Waals surface area contributed by atoms with Crippen molar-refractivity contribution in [2.75, 3.05) is 31.2 Å².